The van der Waals surface area contributed by atoms with Gasteiger partial charge in [-0.3, -0.25) is 4.98 Å². The Hall–Kier alpha value is -1.64. The molecule has 1 N–H and O–H groups in total. The third-order valence-corrected chi connectivity index (χ3v) is 1.45. The Morgan fingerprint density at radius 3 is 3.00 bits per heavy atom. The fourth-order valence-electron chi connectivity index (χ4n) is 0.834. The van der Waals surface area contributed by atoms with Gasteiger partial charge in [-0.2, -0.15) is 0 Å². The summed E-state index contributed by atoms with van der Waals surface area (Å²) in [5.74, 6) is -0.946. The molecule has 0 atom stereocenters. The number of aromatic nitrogens is 1. The lowest BCUT2D eigenvalue weighted by molar-refractivity contribution is -0.131. The van der Waals surface area contributed by atoms with Gasteiger partial charge in [0.25, 0.3) is 0 Å². The maximum Gasteiger partial charge on any atom is 0.328 e. The summed E-state index contributed by atoms with van der Waals surface area (Å²) in [4.78, 5) is 14.2. The number of nitrogens with zero attached hydrogens (tertiary/aromatic N) is 1. The van der Waals surface area contributed by atoms with E-state index in [1.54, 1.807) is 12.3 Å². The maximum atomic E-state index is 10.2. The van der Waals surface area contributed by atoms with Gasteiger partial charge in [0.2, 0.25) is 0 Å². The van der Waals surface area contributed by atoms with Crippen LogP contribution in [0.4, 0.5) is 0 Å². The molecule has 1 aromatic rings. The Balaban J connectivity index is 2.89. The predicted octanol–water partition coefficient (Wildman–Crippen LogP) is 1.49. The van der Waals surface area contributed by atoms with E-state index in [2.05, 4.69) is 4.98 Å². The standard InChI is InChI=1S/C9H9NO2/c1-7-8(3-2-6-10-7)4-5-9(11)12/h2-6H,1H3,(H,11,12). The number of carboxylic acid groups (broad SMARTS) is 1. The molecule has 62 valence electrons. The zero-order valence-electron chi connectivity index (χ0n) is 6.69. The summed E-state index contributed by atoms with van der Waals surface area (Å²) >= 11 is 0. The van der Waals surface area contributed by atoms with Gasteiger partial charge < -0.3 is 5.11 Å². The Bertz CT molecular complexity index is 318. The minimum Gasteiger partial charge on any atom is -0.478 e. The van der Waals surface area contributed by atoms with E-state index >= 15 is 0 Å². The number of aliphatic carboxylic acids is 1. The maximum absolute atomic E-state index is 10.2. The van der Waals surface area contributed by atoms with Gasteiger partial charge in [-0.05, 0) is 24.6 Å². The molecule has 1 heterocycles. The van der Waals surface area contributed by atoms with Crippen LogP contribution in [-0.2, 0) is 4.79 Å². The van der Waals surface area contributed by atoms with E-state index in [0.717, 1.165) is 17.3 Å². The van der Waals surface area contributed by atoms with Crippen molar-refractivity contribution in [3.8, 4) is 0 Å². The second-order valence-corrected chi connectivity index (χ2v) is 2.35. The Morgan fingerprint density at radius 2 is 2.42 bits per heavy atom. The number of hydrogen-bond donors (Lipinski definition) is 1. The molecule has 0 aromatic carbocycles. The van der Waals surface area contributed by atoms with Crippen LogP contribution >= 0.6 is 0 Å². The van der Waals surface area contributed by atoms with Crippen LogP contribution in [0.3, 0.4) is 0 Å². The number of carbonyl (C=O) groups is 1. The molecule has 3 heteroatoms. The average molecular weight is 163 g/mol. The highest BCUT2D eigenvalue weighted by molar-refractivity contribution is 5.85. The third kappa shape index (κ3) is 2.20. The first kappa shape index (κ1) is 8.46. The Labute approximate surface area is 70.4 Å². The number of hydrogen-bond acceptors (Lipinski definition) is 2. The normalized spacial score (nSPS) is 10.4. The first-order chi connectivity index (χ1) is 5.70. The second kappa shape index (κ2) is 3.67. The minimum absolute atomic E-state index is 0.829. The molecule has 0 bridgehead atoms. The molecule has 1 rings (SSSR count). The fourth-order valence-corrected chi connectivity index (χ4v) is 0.834. The number of rotatable bonds is 2. The number of carboxylic acids is 1. The number of pyridine rings is 1. The third-order valence-electron chi connectivity index (χ3n) is 1.45. The topological polar surface area (TPSA) is 50.2 Å². The molecule has 1 aromatic heterocycles. The van der Waals surface area contributed by atoms with Crippen molar-refractivity contribution in [2.45, 2.75) is 6.92 Å². The van der Waals surface area contributed by atoms with Gasteiger partial charge in [-0.1, -0.05) is 6.07 Å². The van der Waals surface area contributed by atoms with Crippen molar-refractivity contribution in [2.24, 2.45) is 0 Å². The second-order valence-electron chi connectivity index (χ2n) is 2.35. The van der Waals surface area contributed by atoms with Crippen molar-refractivity contribution >= 4 is 12.0 Å². The molecule has 12 heavy (non-hydrogen) atoms. The summed E-state index contributed by atoms with van der Waals surface area (Å²) < 4.78 is 0. The van der Waals surface area contributed by atoms with Gasteiger partial charge in [-0.15, -0.1) is 0 Å². The summed E-state index contributed by atoms with van der Waals surface area (Å²) in [6.45, 7) is 1.83. The monoisotopic (exact) mass is 163 g/mol. The molecule has 0 spiro atoms. The summed E-state index contributed by atoms with van der Waals surface area (Å²) in [5, 5.41) is 8.36. The van der Waals surface area contributed by atoms with E-state index in [1.165, 1.54) is 6.08 Å². The van der Waals surface area contributed by atoms with E-state index in [9.17, 15) is 4.79 Å². The van der Waals surface area contributed by atoms with Crippen LogP contribution in [0.2, 0.25) is 0 Å². The first-order valence-electron chi connectivity index (χ1n) is 3.53. The Morgan fingerprint density at radius 1 is 1.67 bits per heavy atom. The molecule has 0 unspecified atom stereocenters. The zero-order chi connectivity index (χ0) is 8.97. The number of aryl methyl sites for hydroxylation is 1. The average Bonchev–Trinajstić information content (AvgIpc) is 2.03. The molecule has 0 aliphatic rings. The van der Waals surface area contributed by atoms with Crippen LogP contribution in [0.5, 0.6) is 0 Å². The van der Waals surface area contributed by atoms with Gasteiger partial charge in [0.15, 0.2) is 0 Å². The summed E-state index contributed by atoms with van der Waals surface area (Å²) in [5.41, 5.74) is 1.66. The van der Waals surface area contributed by atoms with Crippen LogP contribution in [0.25, 0.3) is 6.08 Å². The Kier molecular flexibility index (Phi) is 2.58. The minimum atomic E-state index is -0.946. The van der Waals surface area contributed by atoms with E-state index in [-0.39, 0.29) is 0 Å². The van der Waals surface area contributed by atoms with Crippen molar-refractivity contribution in [3.05, 3.63) is 35.7 Å². The lowest BCUT2D eigenvalue weighted by Crippen LogP contribution is -1.88. The molecule has 0 amide bonds. The van der Waals surface area contributed by atoms with E-state index in [1.807, 2.05) is 13.0 Å². The van der Waals surface area contributed by atoms with E-state index in [4.69, 9.17) is 5.11 Å². The molecular formula is C9H9NO2. The first-order valence-corrected chi connectivity index (χ1v) is 3.53. The van der Waals surface area contributed by atoms with Crippen LogP contribution in [0.15, 0.2) is 24.4 Å². The lowest BCUT2D eigenvalue weighted by Gasteiger charge is -1.95. The molecule has 0 saturated carbocycles. The lowest BCUT2D eigenvalue weighted by atomic mass is 10.2. The van der Waals surface area contributed by atoms with Gasteiger partial charge in [0.05, 0.1) is 0 Å². The van der Waals surface area contributed by atoms with Gasteiger partial charge >= 0.3 is 5.97 Å². The van der Waals surface area contributed by atoms with Crippen molar-refractivity contribution in [1.82, 2.24) is 4.98 Å². The van der Waals surface area contributed by atoms with E-state index in [0.29, 0.717) is 0 Å². The van der Waals surface area contributed by atoms with Gasteiger partial charge in [0.1, 0.15) is 0 Å². The van der Waals surface area contributed by atoms with Gasteiger partial charge in [-0.25, -0.2) is 4.79 Å². The van der Waals surface area contributed by atoms with Crippen molar-refractivity contribution in [2.75, 3.05) is 0 Å². The van der Waals surface area contributed by atoms with Crippen LogP contribution in [0, 0.1) is 6.92 Å². The summed E-state index contributed by atoms with van der Waals surface area (Å²) in [7, 11) is 0. The molecule has 0 aliphatic heterocycles. The molecule has 0 saturated heterocycles. The quantitative estimate of drug-likeness (QED) is 0.672. The van der Waals surface area contributed by atoms with Crippen LogP contribution < -0.4 is 0 Å². The van der Waals surface area contributed by atoms with Crippen molar-refractivity contribution in [3.63, 3.8) is 0 Å². The van der Waals surface area contributed by atoms with E-state index < -0.39 is 5.97 Å². The predicted molar refractivity (Wildman–Crippen MR) is 45.6 cm³/mol. The molecule has 0 radical (unpaired) electrons. The summed E-state index contributed by atoms with van der Waals surface area (Å²) in [6.07, 6.45) is 4.31. The highest BCUT2D eigenvalue weighted by atomic mass is 16.4. The smallest absolute Gasteiger partial charge is 0.328 e. The molecule has 3 nitrogen and oxygen atoms in total. The highest BCUT2D eigenvalue weighted by Crippen LogP contribution is 2.05. The van der Waals surface area contributed by atoms with Gasteiger partial charge in [0, 0.05) is 18.0 Å². The van der Waals surface area contributed by atoms with Crippen molar-refractivity contribution < 1.29 is 9.90 Å². The molecule has 0 fully saturated rings. The SMILES string of the molecule is Cc1ncccc1C=CC(=O)O. The summed E-state index contributed by atoms with van der Waals surface area (Å²) in [6, 6.07) is 3.59. The molecular weight excluding hydrogens is 154 g/mol. The zero-order valence-corrected chi connectivity index (χ0v) is 6.69. The van der Waals surface area contributed by atoms with Crippen molar-refractivity contribution in [1.29, 1.82) is 0 Å². The van der Waals surface area contributed by atoms with Crippen LogP contribution in [0.1, 0.15) is 11.3 Å². The molecule has 0 aliphatic carbocycles. The largest absolute Gasteiger partial charge is 0.478 e. The fraction of sp³-hybridized carbons (Fsp3) is 0.111. The van der Waals surface area contributed by atoms with Crippen LogP contribution in [-0.4, -0.2) is 16.1 Å². The highest BCUT2D eigenvalue weighted by Gasteiger charge is 1.93.